The fourth-order valence-corrected chi connectivity index (χ4v) is 7.04. The molecule has 1 aliphatic rings. The fraction of sp³-hybridized carbons (Fsp3) is 0.294. The molecule has 17 heteroatoms. The number of rotatable bonds is 10. The Kier molecular flexibility index (Phi) is 12.0. The number of likely N-dealkylation sites (tertiary alicyclic amines) is 1. The number of ether oxygens (including phenoxy) is 1. The van der Waals surface area contributed by atoms with Gasteiger partial charge in [0.05, 0.1) is 34.2 Å². The minimum absolute atomic E-state index is 0.0220. The first-order chi connectivity index (χ1) is 24.0. The van der Waals surface area contributed by atoms with Crippen LogP contribution in [0.1, 0.15) is 43.5 Å². The van der Waals surface area contributed by atoms with E-state index < -0.39 is 51.9 Å². The Labute approximate surface area is 295 Å². The molecule has 0 radical (unpaired) electrons. The van der Waals surface area contributed by atoms with Crippen LogP contribution in [-0.4, -0.2) is 71.4 Å². The van der Waals surface area contributed by atoms with Crippen molar-refractivity contribution >= 4 is 61.6 Å². The Balaban J connectivity index is 0.000000755. The highest BCUT2D eigenvalue weighted by molar-refractivity contribution is 7.91. The number of aliphatic carboxylic acids is 2. The van der Waals surface area contributed by atoms with E-state index in [-0.39, 0.29) is 29.2 Å². The summed E-state index contributed by atoms with van der Waals surface area (Å²) in [5.41, 5.74) is 7.46. The molecule has 4 aromatic rings. The molecule has 0 bridgehead atoms. The van der Waals surface area contributed by atoms with Crippen molar-refractivity contribution in [1.29, 1.82) is 0 Å². The third-order valence-electron chi connectivity index (χ3n) is 8.14. The number of benzene rings is 3. The largest absolute Gasteiger partial charge is 0.492 e. The Morgan fingerprint density at radius 1 is 1.08 bits per heavy atom. The molecular formula is C34H34ClF3N4O8S. The van der Waals surface area contributed by atoms with Gasteiger partial charge >= 0.3 is 18.1 Å². The maximum atomic E-state index is 14.6. The molecule has 5 rings (SSSR count). The van der Waals surface area contributed by atoms with Gasteiger partial charge in [-0.3, -0.25) is 9.59 Å². The van der Waals surface area contributed by atoms with E-state index in [2.05, 4.69) is 10.3 Å². The zero-order chi connectivity index (χ0) is 37.7. The predicted octanol–water partition coefficient (Wildman–Crippen LogP) is 6.12. The molecule has 2 unspecified atom stereocenters. The molecule has 12 nitrogen and oxygen atoms in total. The number of carbonyl (C=O) groups is 3. The van der Waals surface area contributed by atoms with Gasteiger partial charge < -0.3 is 30.9 Å². The third-order valence-corrected chi connectivity index (χ3v) is 10.2. The number of anilines is 2. The van der Waals surface area contributed by atoms with Crippen molar-refractivity contribution in [3.63, 3.8) is 0 Å². The summed E-state index contributed by atoms with van der Waals surface area (Å²) in [5, 5.41) is 22.6. The van der Waals surface area contributed by atoms with E-state index in [1.54, 1.807) is 54.7 Å². The fourth-order valence-electron chi connectivity index (χ4n) is 5.72. The van der Waals surface area contributed by atoms with Crippen LogP contribution < -0.4 is 15.8 Å². The summed E-state index contributed by atoms with van der Waals surface area (Å²) in [5.74, 6) is -4.70. The van der Waals surface area contributed by atoms with E-state index in [0.29, 0.717) is 34.4 Å². The van der Waals surface area contributed by atoms with Gasteiger partial charge in [0.1, 0.15) is 17.6 Å². The number of nitrogen functional groups attached to an aromatic ring is 1. The lowest BCUT2D eigenvalue weighted by molar-refractivity contribution is -0.192. The van der Waals surface area contributed by atoms with Crippen LogP contribution in [0.25, 0.3) is 10.8 Å². The summed E-state index contributed by atoms with van der Waals surface area (Å²) in [6.07, 6.45) is -3.33. The maximum absolute atomic E-state index is 14.6. The van der Waals surface area contributed by atoms with Gasteiger partial charge in [-0.05, 0) is 72.3 Å². The third kappa shape index (κ3) is 8.80. The van der Waals surface area contributed by atoms with E-state index in [1.165, 1.54) is 17.9 Å². The number of halogens is 4. The number of nitrogens with zero attached hydrogens (tertiary/aromatic N) is 2. The predicted molar refractivity (Wildman–Crippen MR) is 183 cm³/mol. The van der Waals surface area contributed by atoms with Gasteiger partial charge in [-0.1, -0.05) is 42.8 Å². The molecule has 51 heavy (non-hydrogen) atoms. The van der Waals surface area contributed by atoms with Crippen LogP contribution in [0.15, 0.2) is 77.8 Å². The molecule has 0 saturated carbocycles. The zero-order valence-electron chi connectivity index (χ0n) is 27.2. The summed E-state index contributed by atoms with van der Waals surface area (Å²) in [6.45, 7) is 3.82. The molecule has 3 atom stereocenters. The number of carboxylic acid groups (broad SMARTS) is 2. The summed E-state index contributed by atoms with van der Waals surface area (Å²) in [7, 11) is -3.72. The maximum Gasteiger partial charge on any atom is 0.490 e. The minimum Gasteiger partial charge on any atom is -0.492 e. The Bertz CT molecular complexity index is 2050. The highest BCUT2D eigenvalue weighted by Crippen LogP contribution is 2.43. The molecular weight excluding hydrogens is 717 g/mol. The monoisotopic (exact) mass is 750 g/mol. The second-order valence-corrected chi connectivity index (χ2v) is 13.9. The van der Waals surface area contributed by atoms with Gasteiger partial charge in [-0.15, -0.1) is 0 Å². The summed E-state index contributed by atoms with van der Waals surface area (Å²) < 4.78 is 63.6. The van der Waals surface area contributed by atoms with E-state index in [4.69, 9.17) is 32.0 Å². The number of carboxylic acids is 2. The number of aromatic nitrogens is 1. The van der Waals surface area contributed by atoms with Crippen molar-refractivity contribution in [3.8, 4) is 5.75 Å². The number of pyridine rings is 1. The number of hydrogen-bond acceptors (Lipinski definition) is 9. The van der Waals surface area contributed by atoms with Gasteiger partial charge in [-0.2, -0.15) is 13.2 Å². The van der Waals surface area contributed by atoms with Crippen molar-refractivity contribution < 1.29 is 50.9 Å². The molecule has 0 spiro atoms. The van der Waals surface area contributed by atoms with E-state index in [9.17, 15) is 36.3 Å². The van der Waals surface area contributed by atoms with Gasteiger partial charge in [0, 0.05) is 23.8 Å². The van der Waals surface area contributed by atoms with Crippen molar-refractivity contribution in [2.24, 2.45) is 5.92 Å². The molecule has 272 valence electrons. The summed E-state index contributed by atoms with van der Waals surface area (Å²) in [6, 6.07) is 16.6. The number of nitrogens with one attached hydrogen (secondary N) is 1. The highest BCUT2D eigenvalue weighted by atomic mass is 35.5. The van der Waals surface area contributed by atoms with Crippen LogP contribution in [0.4, 0.5) is 24.7 Å². The van der Waals surface area contributed by atoms with E-state index >= 15 is 0 Å². The minimum atomic E-state index is -5.08. The molecule has 0 aliphatic carbocycles. The SMILES string of the molecule is CCOc1cc([C@@H](Nc2ccc3c(N)nccc3c2)C(=O)N2CCC(C(=O)O)C2c2ccccc2S(=O)(=O)CC)ccc1Cl.O=C(O)C(F)(F)F. The Morgan fingerprint density at radius 3 is 2.39 bits per heavy atom. The molecule has 1 fully saturated rings. The van der Waals surface area contributed by atoms with Crippen LogP contribution in [0.3, 0.4) is 0 Å². The first-order valence-corrected chi connectivity index (χ1v) is 17.5. The van der Waals surface area contributed by atoms with Gasteiger partial charge in [0.15, 0.2) is 9.84 Å². The lowest BCUT2D eigenvalue weighted by Crippen LogP contribution is -2.39. The van der Waals surface area contributed by atoms with Crippen LogP contribution in [0.2, 0.25) is 5.02 Å². The normalized spacial score (nSPS) is 16.5. The van der Waals surface area contributed by atoms with Crippen LogP contribution >= 0.6 is 11.6 Å². The molecule has 1 amide bonds. The average Bonchev–Trinajstić information content (AvgIpc) is 3.54. The highest BCUT2D eigenvalue weighted by Gasteiger charge is 2.45. The number of fused-ring (bicyclic) bond motifs is 1. The lowest BCUT2D eigenvalue weighted by Gasteiger charge is -2.32. The Hall–Kier alpha value is -5.09. The van der Waals surface area contributed by atoms with Crippen molar-refractivity contribution in [2.75, 3.05) is 30.0 Å². The van der Waals surface area contributed by atoms with Crippen molar-refractivity contribution in [2.45, 2.75) is 43.4 Å². The molecule has 1 aliphatic heterocycles. The van der Waals surface area contributed by atoms with Gasteiger partial charge in [0.2, 0.25) is 5.91 Å². The molecule has 5 N–H and O–H groups in total. The average molecular weight is 751 g/mol. The molecule has 2 heterocycles. The smallest absolute Gasteiger partial charge is 0.490 e. The summed E-state index contributed by atoms with van der Waals surface area (Å²) >= 11 is 6.38. The second kappa shape index (κ2) is 15.9. The molecule has 1 aromatic heterocycles. The first-order valence-electron chi connectivity index (χ1n) is 15.5. The number of amides is 1. The number of sulfone groups is 1. The molecule has 3 aromatic carbocycles. The van der Waals surface area contributed by atoms with Crippen LogP contribution in [-0.2, 0) is 24.2 Å². The molecule has 1 saturated heterocycles. The van der Waals surface area contributed by atoms with Gasteiger partial charge in [-0.25, -0.2) is 18.2 Å². The number of hydrogen-bond donors (Lipinski definition) is 4. The van der Waals surface area contributed by atoms with Crippen LogP contribution in [0, 0.1) is 5.92 Å². The topological polar surface area (TPSA) is 189 Å². The lowest BCUT2D eigenvalue weighted by atomic mass is 9.93. The quantitative estimate of drug-likeness (QED) is 0.146. The second-order valence-electron chi connectivity index (χ2n) is 11.3. The number of carbonyl (C=O) groups excluding carboxylic acids is 1. The van der Waals surface area contributed by atoms with E-state index in [0.717, 1.165) is 10.8 Å². The number of nitrogens with two attached hydrogens (primary N) is 1. The van der Waals surface area contributed by atoms with Crippen LogP contribution in [0.5, 0.6) is 5.75 Å². The zero-order valence-corrected chi connectivity index (χ0v) is 28.8. The van der Waals surface area contributed by atoms with Gasteiger partial charge in [0.25, 0.3) is 0 Å². The van der Waals surface area contributed by atoms with E-state index in [1.807, 2.05) is 19.1 Å². The number of alkyl halides is 3. The standard InChI is InChI=1S/C32H33ClN4O6S.C2HF3O2/c1-3-43-26-18-20(9-12-25(26)33)28(36-21-10-11-22-19(17-21)13-15-35-30(22)34)31(38)37-16-14-24(32(39)40)29(37)23-7-5-6-8-27(23)44(41,42)4-2;3-2(4,5)1(6)7/h5-13,15,17-18,24,28-29,36H,3-4,14,16H2,1-2H3,(H2,34,35)(H,39,40);(H,6,7)/t24?,28-,29?;/m1./s1. The van der Waals surface area contributed by atoms with Crippen molar-refractivity contribution in [3.05, 3.63) is 89.1 Å². The Morgan fingerprint density at radius 2 is 1.76 bits per heavy atom. The van der Waals surface area contributed by atoms with Crippen molar-refractivity contribution in [1.82, 2.24) is 9.88 Å². The summed E-state index contributed by atoms with van der Waals surface area (Å²) in [4.78, 5) is 41.6. The first kappa shape index (κ1) is 38.7.